The van der Waals surface area contributed by atoms with Crippen molar-refractivity contribution in [3.8, 4) is 0 Å². The van der Waals surface area contributed by atoms with E-state index < -0.39 is 5.41 Å². The van der Waals surface area contributed by atoms with Gasteiger partial charge in [0.05, 0.1) is 12.5 Å². The molecule has 0 unspecified atom stereocenters. The van der Waals surface area contributed by atoms with Gasteiger partial charge in [-0.05, 0) is 23.5 Å². The normalized spacial score (nSPS) is 24.0. The van der Waals surface area contributed by atoms with Crippen LogP contribution < -0.4 is 0 Å². The summed E-state index contributed by atoms with van der Waals surface area (Å²) < 4.78 is 5.21. The molecule has 1 heterocycles. The molecule has 1 fully saturated rings. The SMILES string of the molecule is COC(=O)[C@@]1(Cc2ccccc2)CN(Cc2ccccc2)C[C@@H]1C. The second kappa shape index (κ2) is 7.18. The Morgan fingerprint density at radius 2 is 1.67 bits per heavy atom. The predicted octanol–water partition coefficient (Wildman–Crippen LogP) is 3.54. The van der Waals surface area contributed by atoms with Crippen LogP contribution in [0.15, 0.2) is 60.7 Å². The maximum atomic E-state index is 12.7. The zero-order valence-corrected chi connectivity index (χ0v) is 14.4. The largest absolute Gasteiger partial charge is 0.469 e. The summed E-state index contributed by atoms with van der Waals surface area (Å²) in [7, 11) is 1.50. The summed E-state index contributed by atoms with van der Waals surface area (Å²) in [6.07, 6.45) is 0.729. The summed E-state index contributed by atoms with van der Waals surface area (Å²) in [6.45, 7) is 4.70. The molecule has 0 spiro atoms. The fourth-order valence-electron chi connectivity index (χ4n) is 3.87. The predicted molar refractivity (Wildman–Crippen MR) is 95.5 cm³/mol. The van der Waals surface area contributed by atoms with Gasteiger partial charge < -0.3 is 4.74 Å². The van der Waals surface area contributed by atoms with Crippen molar-refractivity contribution >= 4 is 5.97 Å². The molecule has 24 heavy (non-hydrogen) atoms. The fraction of sp³-hybridized carbons (Fsp3) is 0.381. The fourth-order valence-corrected chi connectivity index (χ4v) is 3.87. The van der Waals surface area contributed by atoms with Crippen LogP contribution in [0, 0.1) is 11.3 Å². The van der Waals surface area contributed by atoms with E-state index in [1.165, 1.54) is 18.2 Å². The van der Waals surface area contributed by atoms with Gasteiger partial charge in [-0.2, -0.15) is 0 Å². The summed E-state index contributed by atoms with van der Waals surface area (Å²) in [5.41, 5.74) is 2.01. The Morgan fingerprint density at radius 3 is 2.25 bits per heavy atom. The Morgan fingerprint density at radius 1 is 1.08 bits per heavy atom. The molecular formula is C21H25NO2. The standard InChI is InChI=1S/C21H25NO2/c1-17-14-22(15-19-11-7-4-8-12-19)16-21(17,20(23)24-2)13-18-9-5-3-6-10-18/h3-12,17H,13-16H2,1-2H3/t17-,21-/m0/s1. The topological polar surface area (TPSA) is 29.5 Å². The number of likely N-dealkylation sites (tertiary alicyclic amines) is 1. The molecule has 0 aliphatic carbocycles. The van der Waals surface area contributed by atoms with E-state index in [-0.39, 0.29) is 11.9 Å². The maximum Gasteiger partial charge on any atom is 0.313 e. The minimum atomic E-state index is -0.467. The Bertz CT molecular complexity index is 671. The highest BCUT2D eigenvalue weighted by atomic mass is 16.5. The smallest absolute Gasteiger partial charge is 0.313 e. The number of carbonyl (C=O) groups excluding carboxylic acids is 1. The first-order valence-electron chi connectivity index (χ1n) is 8.53. The van der Waals surface area contributed by atoms with Crippen molar-refractivity contribution in [2.75, 3.05) is 20.2 Å². The summed E-state index contributed by atoms with van der Waals surface area (Å²) >= 11 is 0. The van der Waals surface area contributed by atoms with Crippen molar-refractivity contribution in [2.45, 2.75) is 19.9 Å². The second-order valence-corrected chi connectivity index (χ2v) is 6.87. The van der Waals surface area contributed by atoms with Gasteiger partial charge in [-0.3, -0.25) is 9.69 Å². The monoisotopic (exact) mass is 323 g/mol. The van der Waals surface area contributed by atoms with Crippen molar-refractivity contribution < 1.29 is 9.53 Å². The van der Waals surface area contributed by atoms with Gasteiger partial charge in [0, 0.05) is 19.6 Å². The lowest BCUT2D eigenvalue weighted by molar-refractivity contribution is -0.154. The number of rotatable bonds is 5. The van der Waals surface area contributed by atoms with E-state index in [0.29, 0.717) is 0 Å². The molecule has 0 amide bonds. The van der Waals surface area contributed by atoms with Gasteiger partial charge >= 0.3 is 5.97 Å². The van der Waals surface area contributed by atoms with Crippen molar-refractivity contribution in [1.82, 2.24) is 4.90 Å². The van der Waals surface area contributed by atoms with Crippen molar-refractivity contribution in [3.63, 3.8) is 0 Å². The third-order valence-corrected chi connectivity index (χ3v) is 5.18. The molecule has 1 aliphatic heterocycles. The van der Waals surface area contributed by atoms with Gasteiger partial charge in [0.2, 0.25) is 0 Å². The molecular weight excluding hydrogens is 298 g/mol. The summed E-state index contributed by atoms with van der Waals surface area (Å²) in [4.78, 5) is 15.1. The Kier molecular flexibility index (Phi) is 5.00. The van der Waals surface area contributed by atoms with Crippen LogP contribution in [0.5, 0.6) is 0 Å². The van der Waals surface area contributed by atoms with Crippen molar-refractivity contribution in [2.24, 2.45) is 11.3 Å². The van der Waals surface area contributed by atoms with Crippen LogP contribution in [0.2, 0.25) is 0 Å². The van der Waals surface area contributed by atoms with Gasteiger partial charge in [0.1, 0.15) is 0 Å². The summed E-state index contributed by atoms with van der Waals surface area (Å²) in [6, 6.07) is 20.7. The number of hydrogen-bond acceptors (Lipinski definition) is 3. The Hall–Kier alpha value is -2.13. The van der Waals surface area contributed by atoms with Crippen LogP contribution in [0.3, 0.4) is 0 Å². The van der Waals surface area contributed by atoms with E-state index in [2.05, 4.69) is 48.2 Å². The zero-order chi connectivity index (χ0) is 17.0. The quantitative estimate of drug-likeness (QED) is 0.788. The first kappa shape index (κ1) is 16.7. The minimum Gasteiger partial charge on any atom is -0.469 e. The molecule has 0 saturated carbocycles. The summed E-state index contributed by atoms with van der Waals surface area (Å²) in [5, 5.41) is 0. The molecule has 3 heteroatoms. The third-order valence-electron chi connectivity index (χ3n) is 5.18. The lowest BCUT2D eigenvalue weighted by Crippen LogP contribution is -2.41. The zero-order valence-electron chi connectivity index (χ0n) is 14.4. The number of esters is 1. The molecule has 1 saturated heterocycles. The Balaban J connectivity index is 1.82. The third kappa shape index (κ3) is 3.36. The number of methoxy groups -OCH3 is 1. The molecule has 2 aromatic carbocycles. The molecule has 126 valence electrons. The van der Waals surface area contributed by atoms with Gasteiger partial charge in [0.25, 0.3) is 0 Å². The van der Waals surface area contributed by atoms with E-state index >= 15 is 0 Å². The average molecular weight is 323 g/mol. The van der Waals surface area contributed by atoms with Gasteiger partial charge in [0.15, 0.2) is 0 Å². The van der Waals surface area contributed by atoms with E-state index in [1.54, 1.807) is 0 Å². The lowest BCUT2D eigenvalue weighted by atomic mass is 9.74. The first-order valence-corrected chi connectivity index (χ1v) is 8.53. The van der Waals surface area contributed by atoms with Crippen molar-refractivity contribution in [3.05, 3.63) is 71.8 Å². The van der Waals surface area contributed by atoms with Crippen LogP contribution >= 0.6 is 0 Å². The van der Waals surface area contributed by atoms with Crippen molar-refractivity contribution in [1.29, 1.82) is 0 Å². The van der Waals surface area contributed by atoms with Crippen LogP contribution in [0.1, 0.15) is 18.1 Å². The lowest BCUT2D eigenvalue weighted by Gasteiger charge is -2.30. The molecule has 1 aliphatic rings. The van der Waals surface area contributed by atoms with Crippen LogP contribution in [-0.4, -0.2) is 31.1 Å². The average Bonchev–Trinajstić information content (AvgIpc) is 2.92. The van der Waals surface area contributed by atoms with Crippen LogP contribution in [0.4, 0.5) is 0 Å². The number of nitrogens with zero attached hydrogens (tertiary/aromatic N) is 1. The van der Waals surface area contributed by atoms with Gasteiger partial charge in [-0.15, -0.1) is 0 Å². The molecule has 0 N–H and O–H groups in total. The maximum absolute atomic E-state index is 12.7. The first-order chi connectivity index (χ1) is 11.6. The molecule has 0 aromatic heterocycles. The molecule has 2 aromatic rings. The molecule has 3 rings (SSSR count). The highest BCUT2D eigenvalue weighted by molar-refractivity contribution is 5.78. The van der Waals surface area contributed by atoms with E-state index in [9.17, 15) is 4.79 Å². The van der Waals surface area contributed by atoms with Crippen LogP contribution in [-0.2, 0) is 22.5 Å². The van der Waals surface area contributed by atoms with Gasteiger partial charge in [-0.1, -0.05) is 67.6 Å². The minimum absolute atomic E-state index is 0.0885. The molecule has 0 radical (unpaired) electrons. The highest BCUT2D eigenvalue weighted by Crippen LogP contribution is 2.40. The van der Waals surface area contributed by atoms with Crippen LogP contribution in [0.25, 0.3) is 0 Å². The van der Waals surface area contributed by atoms with Gasteiger partial charge in [-0.25, -0.2) is 0 Å². The molecule has 2 atom stereocenters. The highest BCUT2D eigenvalue weighted by Gasteiger charge is 2.50. The number of hydrogen-bond donors (Lipinski definition) is 0. The summed E-state index contributed by atoms with van der Waals surface area (Å²) in [5.74, 6) is 0.170. The van der Waals surface area contributed by atoms with E-state index in [0.717, 1.165) is 26.1 Å². The van der Waals surface area contributed by atoms with E-state index in [4.69, 9.17) is 4.74 Å². The number of ether oxygens (including phenoxy) is 1. The molecule has 3 nitrogen and oxygen atoms in total. The second-order valence-electron chi connectivity index (χ2n) is 6.87. The number of benzene rings is 2. The Labute approximate surface area is 144 Å². The number of carbonyl (C=O) groups is 1. The van der Waals surface area contributed by atoms with E-state index in [1.807, 2.05) is 24.3 Å². The molecule has 0 bridgehead atoms.